The maximum absolute atomic E-state index is 14.3. The molecule has 2 atom stereocenters. The van der Waals surface area contributed by atoms with Crippen LogP contribution in [0.2, 0.25) is 0 Å². The fourth-order valence-corrected chi connectivity index (χ4v) is 8.82. The number of amides is 1. The van der Waals surface area contributed by atoms with Crippen LogP contribution in [0.1, 0.15) is 42.6 Å². The summed E-state index contributed by atoms with van der Waals surface area (Å²) in [6.45, 7) is 1.56. The molecule has 17 heteroatoms. The van der Waals surface area contributed by atoms with E-state index in [-0.39, 0.29) is 31.9 Å². The number of sulfonamides is 1. The van der Waals surface area contributed by atoms with Crippen LogP contribution in [0.3, 0.4) is 0 Å². The quantitative estimate of drug-likeness (QED) is 0.296. The second-order valence-corrected chi connectivity index (χ2v) is 15.1. The Morgan fingerprint density at radius 1 is 1.04 bits per heavy atom. The summed E-state index contributed by atoms with van der Waals surface area (Å²) in [5, 5.41) is 11.5. The van der Waals surface area contributed by atoms with Gasteiger partial charge in [0, 0.05) is 50.8 Å². The van der Waals surface area contributed by atoms with E-state index in [0.29, 0.717) is 62.1 Å². The Balaban J connectivity index is 1.14. The molecule has 3 aliphatic heterocycles. The molecule has 2 saturated heterocycles. The van der Waals surface area contributed by atoms with Gasteiger partial charge in [0.2, 0.25) is 15.9 Å². The number of carbonyl (C=O) groups excluding carboxylic acids is 1. The zero-order valence-electron chi connectivity index (χ0n) is 28.3. The van der Waals surface area contributed by atoms with E-state index in [2.05, 4.69) is 25.5 Å². The smallest absolute Gasteiger partial charge is 0.416 e. The molecule has 2 fully saturated rings. The van der Waals surface area contributed by atoms with Crippen LogP contribution in [-0.2, 0) is 38.9 Å². The van der Waals surface area contributed by atoms with Crippen LogP contribution >= 0.6 is 0 Å². The van der Waals surface area contributed by atoms with Crippen LogP contribution < -0.4 is 14.8 Å². The minimum Gasteiger partial charge on any atom is -0.494 e. The summed E-state index contributed by atoms with van der Waals surface area (Å²) in [7, 11) is -3.15. The van der Waals surface area contributed by atoms with E-state index < -0.39 is 50.3 Å². The molecule has 13 nitrogen and oxygen atoms in total. The van der Waals surface area contributed by atoms with Crippen molar-refractivity contribution in [3.63, 3.8) is 0 Å². The third-order valence-corrected chi connectivity index (χ3v) is 11.8. The van der Waals surface area contributed by atoms with Crippen LogP contribution in [0, 0.1) is 0 Å². The Bertz CT molecular complexity index is 2010. The number of hydrogen-bond donors (Lipinski definition) is 1. The van der Waals surface area contributed by atoms with Gasteiger partial charge in [0.15, 0.2) is 0 Å². The molecule has 0 saturated carbocycles. The van der Waals surface area contributed by atoms with Crippen molar-refractivity contribution in [3.8, 4) is 17.2 Å². The zero-order chi connectivity index (χ0) is 36.5. The van der Waals surface area contributed by atoms with E-state index in [1.807, 2.05) is 30.3 Å². The number of para-hydroxylation sites is 2. The van der Waals surface area contributed by atoms with Gasteiger partial charge in [-0.15, -0.1) is 5.10 Å². The highest BCUT2D eigenvalue weighted by molar-refractivity contribution is 7.89. The molecule has 5 heterocycles. The normalized spacial score (nSPS) is 22.1. The van der Waals surface area contributed by atoms with E-state index >= 15 is 0 Å². The van der Waals surface area contributed by atoms with E-state index in [9.17, 15) is 26.4 Å². The lowest BCUT2D eigenvalue weighted by atomic mass is 9.84. The first-order valence-electron chi connectivity index (χ1n) is 16.9. The molecule has 4 aromatic rings. The molecule has 0 aliphatic carbocycles. The second-order valence-electron chi connectivity index (χ2n) is 13.2. The molecule has 276 valence electrons. The third-order valence-electron chi connectivity index (χ3n) is 9.87. The number of piperidine rings is 1. The van der Waals surface area contributed by atoms with Gasteiger partial charge in [-0.2, -0.15) is 17.5 Å². The molecule has 0 radical (unpaired) electrons. The number of nitrogens with zero attached hydrogens (tertiary/aromatic N) is 6. The average Bonchev–Trinajstić information content (AvgIpc) is 3.80. The molecule has 1 spiro atoms. The highest BCUT2D eigenvalue weighted by atomic mass is 32.2. The van der Waals surface area contributed by atoms with E-state index in [1.54, 1.807) is 24.5 Å². The van der Waals surface area contributed by atoms with Gasteiger partial charge in [-0.25, -0.2) is 13.1 Å². The number of alkyl halides is 3. The van der Waals surface area contributed by atoms with Gasteiger partial charge in [-0.05, 0) is 55.3 Å². The number of methoxy groups -OCH3 is 1. The molecule has 0 unspecified atom stereocenters. The monoisotopic (exact) mass is 741 g/mol. The van der Waals surface area contributed by atoms with Gasteiger partial charge in [0.05, 0.1) is 43.9 Å². The number of hydrogen-bond acceptors (Lipinski definition) is 10. The summed E-state index contributed by atoms with van der Waals surface area (Å²) in [5.41, 5.74) is 0.127. The number of ether oxygens (including phenoxy) is 3. The van der Waals surface area contributed by atoms with Crippen molar-refractivity contribution in [1.29, 1.82) is 0 Å². The molecular formula is C35H38F3N7O6S. The molecular weight excluding hydrogens is 703 g/mol. The summed E-state index contributed by atoms with van der Waals surface area (Å²) >= 11 is 0. The largest absolute Gasteiger partial charge is 0.494 e. The number of rotatable bonds is 7. The molecule has 1 N–H and O–H groups in total. The number of halogens is 3. The number of aromatic nitrogens is 4. The van der Waals surface area contributed by atoms with Crippen molar-refractivity contribution < 1.29 is 40.6 Å². The number of carbonyl (C=O) groups is 1. The van der Waals surface area contributed by atoms with Crippen LogP contribution in [-0.4, -0.2) is 94.5 Å². The van der Waals surface area contributed by atoms with Gasteiger partial charge in [-0.1, -0.05) is 23.4 Å². The highest BCUT2D eigenvalue weighted by Gasteiger charge is 2.48. The summed E-state index contributed by atoms with van der Waals surface area (Å²) in [4.78, 5) is 20.2. The van der Waals surface area contributed by atoms with Crippen molar-refractivity contribution in [2.75, 3.05) is 33.4 Å². The standard InChI is InChI=1S/C35H38F3N7O6S/c1-49-30-8-3-2-7-28(30)44-21-26(41-42-44)23-51-27-19-29-33(46)40-34(11-15-43(16-12-34)20-25-6-4-5-14-39-25)13-17-50-31-10-9-24(35(36,37)38)18-32(31)52(47,48)45(29)22-27/h2-10,14,18,21,27,29H,11-13,15-17,19-20,22-23H2,1H3,(H,40,46)/t27-,29+/m1/s1. The molecule has 2 aromatic heterocycles. The number of likely N-dealkylation sites (tertiary alicyclic amines) is 1. The lowest BCUT2D eigenvalue weighted by Gasteiger charge is -2.43. The highest BCUT2D eigenvalue weighted by Crippen LogP contribution is 2.39. The number of benzene rings is 2. The van der Waals surface area contributed by atoms with Gasteiger partial charge < -0.3 is 19.5 Å². The zero-order valence-corrected chi connectivity index (χ0v) is 29.1. The summed E-state index contributed by atoms with van der Waals surface area (Å²) in [5.74, 6) is -0.167. The fourth-order valence-electron chi connectivity index (χ4n) is 7.03. The summed E-state index contributed by atoms with van der Waals surface area (Å²) in [6, 6.07) is 14.1. The lowest BCUT2D eigenvalue weighted by Crippen LogP contribution is -2.59. The van der Waals surface area contributed by atoms with Crippen LogP contribution in [0.4, 0.5) is 13.2 Å². The Morgan fingerprint density at radius 2 is 1.83 bits per heavy atom. The molecule has 0 bridgehead atoms. The molecule has 2 aromatic carbocycles. The van der Waals surface area contributed by atoms with E-state index in [4.69, 9.17) is 14.2 Å². The molecule has 52 heavy (non-hydrogen) atoms. The molecule has 7 rings (SSSR count). The summed E-state index contributed by atoms with van der Waals surface area (Å²) in [6.07, 6.45) is -0.801. The van der Waals surface area contributed by atoms with Crippen molar-refractivity contribution in [2.24, 2.45) is 0 Å². The number of nitrogens with one attached hydrogen (secondary N) is 1. The Labute approximate surface area is 298 Å². The van der Waals surface area contributed by atoms with Crippen LogP contribution in [0.25, 0.3) is 5.69 Å². The van der Waals surface area contributed by atoms with Crippen molar-refractivity contribution >= 4 is 15.9 Å². The second kappa shape index (κ2) is 14.4. The van der Waals surface area contributed by atoms with Gasteiger partial charge in [-0.3, -0.25) is 14.7 Å². The summed E-state index contributed by atoms with van der Waals surface area (Å²) < 4.78 is 90.0. The Morgan fingerprint density at radius 3 is 2.58 bits per heavy atom. The average molecular weight is 742 g/mol. The third kappa shape index (κ3) is 7.49. The van der Waals surface area contributed by atoms with Gasteiger partial charge in [0.1, 0.15) is 33.8 Å². The first-order valence-corrected chi connectivity index (χ1v) is 18.3. The van der Waals surface area contributed by atoms with Crippen LogP contribution in [0.15, 0.2) is 78.0 Å². The first-order chi connectivity index (χ1) is 24.9. The predicted molar refractivity (Wildman–Crippen MR) is 180 cm³/mol. The molecule has 3 aliphatic rings. The van der Waals surface area contributed by atoms with Crippen molar-refractivity contribution in [2.45, 2.75) is 67.6 Å². The molecule has 1 amide bonds. The maximum atomic E-state index is 14.3. The van der Waals surface area contributed by atoms with Crippen molar-refractivity contribution in [3.05, 3.63) is 90.0 Å². The van der Waals surface area contributed by atoms with Gasteiger partial charge >= 0.3 is 6.18 Å². The minimum absolute atomic E-state index is 0.0135. The Hall–Kier alpha value is -4.58. The fraction of sp³-hybridized carbons (Fsp3) is 0.429. The maximum Gasteiger partial charge on any atom is 0.416 e. The van der Waals surface area contributed by atoms with E-state index in [1.165, 1.54) is 11.8 Å². The SMILES string of the molecule is COc1ccccc1-n1cc(CO[C@@H]2C[C@H]3C(=O)NC4(CCOc5ccc(C(F)(F)F)cc5S(=O)(=O)N3C2)CCN(Cc2ccccn2)CC4)nn1. The van der Waals surface area contributed by atoms with E-state index in [0.717, 1.165) is 22.1 Å². The van der Waals surface area contributed by atoms with Crippen LogP contribution in [0.5, 0.6) is 11.5 Å². The van der Waals surface area contributed by atoms with Gasteiger partial charge in [0.25, 0.3) is 0 Å². The van der Waals surface area contributed by atoms with Crippen molar-refractivity contribution in [1.82, 2.24) is 34.5 Å². The number of pyridine rings is 1. The Kier molecular flexibility index (Phi) is 9.95. The predicted octanol–water partition coefficient (Wildman–Crippen LogP) is 3.97. The first kappa shape index (κ1) is 35.8. The lowest BCUT2D eigenvalue weighted by molar-refractivity contribution is -0.137. The topological polar surface area (TPSA) is 141 Å². The minimum atomic E-state index is -4.81. The number of fused-ring (bicyclic) bond motifs is 2.